The number of rotatable bonds is 13. The van der Waals surface area contributed by atoms with E-state index in [1.807, 2.05) is 24.3 Å². The van der Waals surface area contributed by atoms with Crippen LogP contribution in [0.2, 0.25) is 0 Å². The molecule has 3 rings (SSSR count). The van der Waals surface area contributed by atoms with E-state index in [2.05, 4.69) is 38.9 Å². The van der Waals surface area contributed by atoms with Crippen molar-refractivity contribution in [2.24, 2.45) is 0 Å². The number of carboxylic acid groups (broad SMARTS) is 2. The van der Waals surface area contributed by atoms with Gasteiger partial charge >= 0.3 is 11.9 Å². The number of thiol groups is 1. The quantitative estimate of drug-likeness (QED) is 0.162. The van der Waals surface area contributed by atoms with E-state index in [0.29, 0.717) is 18.5 Å². The third-order valence-corrected chi connectivity index (χ3v) is 6.55. The number of carbonyl (C=O) groups is 5. The van der Waals surface area contributed by atoms with Gasteiger partial charge in [-0.1, -0.05) is 18.2 Å². The lowest BCUT2D eigenvalue weighted by Gasteiger charge is -2.24. The summed E-state index contributed by atoms with van der Waals surface area (Å²) in [5, 5.41) is 30.1. The van der Waals surface area contributed by atoms with E-state index in [9.17, 15) is 29.1 Å². The lowest BCUT2D eigenvalue weighted by Crippen LogP contribution is -2.57. The van der Waals surface area contributed by atoms with E-state index in [0.717, 1.165) is 17.3 Å². The van der Waals surface area contributed by atoms with E-state index >= 15 is 0 Å². The van der Waals surface area contributed by atoms with Crippen molar-refractivity contribution in [3.63, 3.8) is 0 Å². The van der Waals surface area contributed by atoms with Crippen LogP contribution in [0, 0.1) is 0 Å². The summed E-state index contributed by atoms with van der Waals surface area (Å²) in [6.07, 6.45) is 2.37. The van der Waals surface area contributed by atoms with Crippen molar-refractivity contribution in [3.8, 4) is 0 Å². The summed E-state index contributed by atoms with van der Waals surface area (Å²) >= 11 is 4.12. The first-order valence-corrected chi connectivity index (χ1v) is 12.6. The summed E-state index contributed by atoms with van der Waals surface area (Å²) in [5.74, 6) is -4.48. The lowest BCUT2D eigenvalue weighted by molar-refractivity contribution is -0.143. The van der Waals surface area contributed by atoms with Gasteiger partial charge in [0.2, 0.25) is 17.7 Å². The van der Waals surface area contributed by atoms with E-state index in [1.54, 1.807) is 6.20 Å². The van der Waals surface area contributed by atoms with Gasteiger partial charge in [-0.25, -0.2) is 4.79 Å². The molecule has 0 aliphatic carbocycles. The average molecular weight is 534 g/mol. The Hall–Kier alpha value is -3.58. The first-order chi connectivity index (χ1) is 17.7. The second kappa shape index (κ2) is 13.1. The Morgan fingerprint density at radius 2 is 1.70 bits per heavy atom. The molecule has 0 spiro atoms. The fraction of sp³-hybridized carbons (Fsp3) is 0.458. The zero-order valence-electron chi connectivity index (χ0n) is 20.0. The van der Waals surface area contributed by atoms with Crippen LogP contribution in [0.4, 0.5) is 0 Å². The Bertz CT molecular complexity index is 1150. The van der Waals surface area contributed by atoms with E-state index in [4.69, 9.17) is 5.11 Å². The van der Waals surface area contributed by atoms with Crippen LogP contribution >= 0.6 is 12.6 Å². The van der Waals surface area contributed by atoms with Gasteiger partial charge < -0.3 is 36.5 Å². The minimum atomic E-state index is -1.34. The molecule has 0 saturated carbocycles. The smallest absolute Gasteiger partial charge is 0.326 e. The molecule has 7 N–H and O–H groups in total. The first-order valence-electron chi connectivity index (χ1n) is 11.9. The summed E-state index contributed by atoms with van der Waals surface area (Å²) in [5.41, 5.74) is 1.49. The maximum absolute atomic E-state index is 13.0. The van der Waals surface area contributed by atoms with E-state index < -0.39 is 54.3 Å². The second-order valence-corrected chi connectivity index (χ2v) is 9.21. The topological polar surface area (TPSA) is 190 Å². The summed E-state index contributed by atoms with van der Waals surface area (Å²) in [7, 11) is 0. The Kier molecular flexibility index (Phi) is 9.92. The number of carboxylic acids is 2. The van der Waals surface area contributed by atoms with Crippen LogP contribution in [0.25, 0.3) is 10.9 Å². The van der Waals surface area contributed by atoms with Gasteiger partial charge in [0, 0.05) is 35.7 Å². The number of amides is 3. The Labute approximate surface area is 218 Å². The van der Waals surface area contributed by atoms with Gasteiger partial charge in [0.05, 0.1) is 6.04 Å². The molecule has 1 aliphatic rings. The van der Waals surface area contributed by atoms with Crippen molar-refractivity contribution in [3.05, 3.63) is 36.0 Å². The minimum Gasteiger partial charge on any atom is -0.481 e. The Balaban J connectivity index is 1.69. The number of aromatic amines is 1. The predicted octanol–water partition coefficient (Wildman–Crippen LogP) is -0.204. The van der Waals surface area contributed by atoms with Crippen molar-refractivity contribution in [2.75, 3.05) is 12.3 Å². The highest BCUT2D eigenvalue weighted by Crippen LogP contribution is 2.19. The molecule has 4 atom stereocenters. The first kappa shape index (κ1) is 28.0. The number of fused-ring (bicyclic) bond motifs is 1. The number of nitrogens with one attached hydrogen (secondary N) is 5. The highest BCUT2D eigenvalue weighted by molar-refractivity contribution is 7.80. The molecule has 1 fully saturated rings. The van der Waals surface area contributed by atoms with Crippen molar-refractivity contribution in [1.82, 2.24) is 26.3 Å². The number of aliphatic carboxylic acids is 2. The van der Waals surface area contributed by atoms with Gasteiger partial charge in [0.15, 0.2) is 0 Å². The zero-order chi connectivity index (χ0) is 26.9. The number of para-hydroxylation sites is 1. The van der Waals surface area contributed by atoms with Crippen LogP contribution in [0.3, 0.4) is 0 Å². The molecule has 12 nitrogen and oxygen atoms in total. The number of benzene rings is 1. The van der Waals surface area contributed by atoms with Crippen LogP contribution < -0.4 is 21.3 Å². The maximum atomic E-state index is 13.0. The second-order valence-electron chi connectivity index (χ2n) is 8.85. The highest BCUT2D eigenvalue weighted by Gasteiger charge is 2.31. The molecule has 2 aromatic rings. The molecule has 1 aliphatic heterocycles. The number of carbonyl (C=O) groups excluding carboxylic acids is 3. The van der Waals surface area contributed by atoms with Crippen molar-refractivity contribution in [2.45, 2.75) is 56.3 Å². The van der Waals surface area contributed by atoms with Gasteiger partial charge in [-0.2, -0.15) is 12.6 Å². The molecule has 3 amide bonds. The molecule has 2 heterocycles. The molecule has 1 aromatic carbocycles. The fourth-order valence-corrected chi connectivity index (χ4v) is 4.43. The normalized spacial score (nSPS) is 17.5. The summed E-state index contributed by atoms with van der Waals surface area (Å²) in [6, 6.07) is 3.14. The standard InChI is InChI=1S/C24H31N5O7S/c30-20(31)8-7-17(27-23(34)19(12-37)29-21(32)16-6-3-9-25-16)22(33)28-18(24(35)36)10-13-11-26-15-5-2-1-4-14(13)15/h1-2,4-5,11,16-19,25-26,37H,3,6-10,12H2,(H,27,34)(H,28,33)(H,29,32)(H,30,31)(H,35,36). The van der Waals surface area contributed by atoms with Crippen LogP contribution in [0.5, 0.6) is 0 Å². The van der Waals surface area contributed by atoms with Crippen molar-refractivity contribution < 1.29 is 34.2 Å². The molecular formula is C24H31N5O7S. The number of H-pyrrole nitrogens is 1. The Morgan fingerprint density at radius 3 is 2.35 bits per heavy atom. The third-order valence-electron chi connectivity index (χ3n) is 6.19. The number of hydrogen-bond acceptors (Lipinski definition) is 7. The summed E-state index contributed by atoms with van der Waals surface area (Å²) in [6.45, 7) is 0.691. The molecule has 4 unspecified atom stereocenters. The highest BCUT2D eigenvalue weighted by atomic mass is 32.1. The largest absolute Gasteiger partial charge is 0.481 e. The lowest BCUT2D eigenvalue weighted by atomic mass is 10.0. The molecule has 0 bridgehead atoms. The molecule has 1 aromatic heterocycles. The fourth-order valence-electron chi connectivity index (χ4n) is 4.18. The molecule has 37 heavy (non-hydrogen) atoms. The monoisotopic (exact) mass is 533 g/mol. The van der Waals surface area contributed by atoms with Gasteiger partial charge in [0.1, 0.15) is 18.1 Å². The molecule has 1 saturated heterocycles. The van der Waals surface area contributed by atoms with Crippen LogP contribution in [-0.2, 0) is 30.4 Å². The molecular weight excluding hydrogens is 502 g/mol. The van der Waals surface area contributed by atoms with E-state index in [1.165, 1.54) is 0 Å². The summed E-state index contributed by atoms with van der Waals surface area (Å²) in [4.78, 5) is 64.4. The maximum Gasteiger partial charge on any atom is 0.326 e. The number of hydrogen-bond donors (Lipinski definition) is 8. The predicted molar refractivity (Wildman–Crippen MR) is 137 cm³/mol. The third kappa shape index (κ3) is 7.70. The zero-order valence-corrected chi connectivity index (χ0v) is 20.9. The summed E-state index contributed by atoms with van der Waals surface area (Å²) < 4.78 is 0. The van der Waals surface area contributed by atoms with E-state index in [-0.39, 0.29) is 24.5 Å². The van der Waals surface area contributed by atoms with Crippen molar-refractivity contribution >= 4 is 53.2 Å². The van der Waals surface area contributed by atoms with Crippen LogP contribution in [0.1, 0.15) is 31.2 Å². The molecule has 13 heteroatoms. The minimum absolute atomic E-state index is 0.0333. The van der Waals surface area contributed by atoms with Gasteiger partial charge in [-0.3, -0.25) is 19.2 Å². The Morgan fingerprint density at radius 1 is 1.00 bits per heavy atom. The van der Waals surface area contributed by atoms with Gasteiger partial charge in [0.25, 0.3) is 0 Å². The average Bonchev–Trinajstić information content (AvgIpc) is 3.55. The van der Waals surface area contributed by atoms with Crippen LogP contribution in [-0.4, -0.2) is 81.3 Å². The van der Waals surface area contributed by atoms with Gasteiger partial charge in [-0.05, 0) is 37.4 Å². The number of aromatic nitrogens is 1. The molecule has 200 valence electrons. The SMILES string of the molecule is O=C(O)CCC(NC(=O)C(CS)NC(=O)C1CCCN1)C(=O)NC(Cc1c[nH]c2ccccc12)C(=O)O. The van der Waals surface area contributed by atoms with Crippen molar-refractivity contribution in [1.29, 1.82) is 0 Å². The van der Waals surface area contributed by atoms with Gasteiger partial charge in [-0.15, -0.1) is 0 Å². The van der Waals surface area contributed by atoms with Crippen LogP contribution in [0.15, 0.2) is 30.5 Å². The molecule has 0 radical (unpaired) electrons.